The Hall–Kier alpha value is -1.14. The van der Waals surface area contributed by atoms with Crippen LogP contribution in [0.3, 0.4) is 0 Å². The van der Waals surface area contributed by atoms with Crippen LogP contribution in [-0.4, -0.2) is 39.0 Å². The number of hydroxylamine groups is 2. The van der Waals surface area contributed by atoms with E-state index in [1.165, 1.54) is 0 Å². The van der Waals surface area contributed by atoms with Crippen molar-refractivity contribution < 1.29 is 24.7 Å². The zero-order chi connectivity index (χ0) is 10.4. The van der Waals surface area contributed by atoms with Gasteiger partial charge in [0.25, 0.3) is 11.8 Å². The van der Waals surface area contributed by atoms with Crippen LogP contribution in [0.1, 0.15) is 12.8 Å². The minimum atomic E-state index is -0.980. The number of carboxylic acids is 1. The van der Waals surface area contributed by atoms with Crippen LogP contribution in [0.4, 0.5) is 0 Å². The van der Waals surface area contributed by atoms with E-state index in [1.807, 2.05) is 0 Å². The van der Waals surface area contributed by atoms with Crippen molar-refractivity contribution in [3.05, 3.63) is 0 Å². The van der Waals surface area contributed by atoms with Gasteiger partial charge in [0.2, 0.25) is 0 Å². The van der Waals surface area contributed by atoms with Crippen molar-refractivity contribution in [2.24, 2.45) is 0 Å². The molecule has 0 spiro atoms. The van der Waals surface area contributed by atoms with Gasteiger partial charge >= 0.3 is 5.97 Å². The standard InChI is InChI=1S/C4H5NO3.C2H3ClO2/c6-3-1-2-4(7)5(3)8;3-1-2(4)5/h8H,1-2H2;1H2,(H,4,5). The van der Waals surface area contributed by atoms with Crippen molar-refractivity contribution >= 4 is 29.4 Å². The van der Waals surface area contributed by atoms with Gasteiger partial charge in [0, 0.05) is 12.8 Å². The van der Waals surface area contributed by atoms with Gasteiger partial charge < -0.3 is 5.11 Å². The fourth-order valence-corrected chi connectivity index (χ4v) is 0.565. The lowest BCUT2D eigenvalue weighted by atomic mass is 10.4. The van der Waals surface area contributed by atoms with Crippen molar-refractivity contribution in [1.29, 1.82) is 0 Å². The number of hydrogen-bond donors (Lipinski definition) is 2. The van der Waals surface area contributed by atoms with Gasteiger partial charge in [-0.25, -0.2) is 0 Å². The van der Waals surface area contributed by atoms with E-state index in [-0.39, 0.29) is 23.8 Å². The summed E-state index contributed by atoms with van der Waals surface area (Å²) in [6, 6.07) is 0. The molecule has 1 aliphatic heterocycles. The van der Waals surface area contributed by atoms with Crippen LogP contribution in [0.2, 0.25) is 0 Å². The molecule has 2 amide bonds. The van der Waals surface area contributed by atoms with Gasteiger partial charge in [-0.2, -0.15) is 5.06 Å². The van der Waals surface area contributed by atoms with Crippen molar-refractivity contribution in [3.8, 4) is 0 Å². The van der Waals surface area contributed by atoms with Crippen molar-refractivity contribution in [2.75, 3.05) is 5.88 Å². The highest BCUT2D eigenvalue weighted by Crippen LogP contribution is 2.06. The molecule has 1 aliphatic rings. The third-order valence-electron chi connectivity index (χ3n) is 1.14. The smallest absolute Gasteiger partial charge is 0.318 e. The average molecular weight is 210 g/mol. The minimum absolute atomic E-state index is 0.148. The van der Waals surface area contributed by atoms with Gasteiger partial charge in [0.15, 0.2) is 0 Å². The van der Waals surface area contributed by atoms with Crippen molar-refractivity contribution in [3.63, 3.8) is 0 Å². The molecule has 0 atom stereocenters. The summed E-state index contributed by atoms with van der Waals surface area (Å²) in [5, 5.41) is 16.2. The summed E-state index contributed by atoms with van der Waals surface area (Å²) in [4.78, 5) is 29.7. The minimum Gasteiger partial charge on any atom is -0.480 e. The number of carboxylic acid groups (broad SMARTS) is 1. The Bertz CT molecular complexity index is 213. The molecule has 0 aliphatic carbocycles. The molecule has 0 aromatic carbocycles. The SMILES string of the molecule is O=C(O)CCl.O=C1CCC(=O)N1O. The number of imide groups is 1. The number of amides is 2. The molecule has 1 heterocycles. The van der Waals surface area contributed by atoms with Crippen LogP contribution >= 0.6 is 11.6 Å². The fraction of sp³-hybridized carbons (Fsp3) is 0.500. The number of hydrogen-bond acceptors (Lipinski definition) is 4. The molecule has 0 aromatic rings. The van der Waals surface area contributed by atoms with E-state index in [0.29, 0.717) is 0 Å². The Labute approximate surface area is 78.7 Å². The molecule has 74 valence electrons. The fourth-order valence-electron chi connectivity index (χ4n) is 0.565. The molecule has 0 bridgehead atoms. The van der Waals surface area contributed by atoms with E-state index in [0.717, 1.165) is 0 Å². The Morgan fingerprint density at radius 2 is 1.69 bits per heavy atom. The summed E-state index contributed by atoms with van der Waals surface area (Å²) in [5.41, 5.74) is 0. The highest BCUT2D eigenvalue weighted by atomic mass is 35.5. The Kier molecular flexibility index (Phi) is 5.01. The summed E-state index contributed by atoms with van der Waals surface area (Å²) in [7, 11) is 0. The summed E-state index contributed by atoms with van der Waals surface area (Å²) >= 11 is 4.74. The average Bonchev–Trinajstić information content (AvgIpc) is 2.37. The van der Waals surface area contributed by atoms with Crippen LogP contribution in [0, 0.1) is 0 Å². The lowest BCUT2D eigenvalue weighted by Gasteiger charge is -1.98. The largest absolute Gasteiger partial charge is 0.480 e. The van der Waals surface area contributed by atoms with Crippen molar-refractivity contribution in [2.45, 2.75) is 12.8 Å². The normalized spacial score (nSPS) is 15.4. The molecule has 13 heavy (non-hydrogen) atoms. The number of nitrogens with zero attached hydrogens (tertiary/aromatic N) is 1. The topological polar surface area (TPSA) is 94.9 Å². The number of alkyl halides is 1. The predicted octanol–water partition coefficient (Wildman–Crippen LogP) is -0.166. The number of carbonyl (C=O) groups excluding carboxylic acids is 2. The van der Waals surface area contributed by atoms with Crippen LogP contribution in [0.25, 0.3) is 0 Å². The second-order valence-electron chi connectivity index (χ2n) is 2.13. The van der Waals surface area contributed by atoms with Gasteiger partial charge in [-0.3, -0.25) is 19.6 Å². The Morgan fingerprint density at radius 1 is 1.38 bits per heavy atom. The van der Waals surface area contributed by atoms with Crippen LogP contribution in [-0.2, 0) is 14.4 Å². The first-order chi connectivity index (χ1) is 5.99. The number of halogens is 1. The molecule has 0 unspecified atom stereocenters. The quantitative estimate of drug-likeness (QED) is 0.355. The first kappa shape index (κ1) is 11.9. The monoisotopic (exact) mass is 209 g/mol. The van der Waals surface area contributed by atoms with Gasteiger partial charge in [0.1, 0.15) is 5.88 Å². The molecule has 0 saturated carbocycles. The highest BCUT2D eigenvalue weighted by molar-refractivity contribution is 6.26. The summed E-state index contributed by atoms with van der Waals surface area (Å²) in [6.45, 7) is 0. The van der Waals surface area contributed by atoms with Crippen LogP contribution in [0.15, 0.2) is 0 Å². The van der Waals surface area contributed by atoms with Gasteiger partial charge in [-0.1, -0.05) is 0 Å². The number of rotatable bonds is 1. The third-order valence-corrected chi connectivity index (χ3v) is 1.37. The second kappa shape index (κ2) is 5.50. The molecular formula is C6H8ClNO5. The maximum atomic E-state index is 10.2. The molecule has 1 saturated heterocycles. The van der Waals surface area contributed by atoms with Gasteiger partial charge in [-0.15, -0.1) is 11.6 Å². The third kappa shape index (κ3) is 4.44. The van der Waals surface area contributed by atoms with E-state index < -0.39 is 17.8 Å². The van der Waals surface area contributed by atoms with E-state index in [1.54, 1.807) is 0 Å². The number of carbonyl (C=O) groups is 3. The van der Waals surface area contributed by atoms with Gasteiger partial charge in [-0.05, 0) is 0 Å². The lowest BCUT2D eigenvalue weighted by molar-refractivity contribution is -0.171. The van der Waals surface area contributed by atoms with E-state index in [4.69, 9.17) is 21.9 Å². The van der Waals surface area contributed by atoms with E-state index in [9.17, 15) is 14.4 Å². The van der Waals surface area contributed by atoms with Gasteiger partial charge in [0.05, 0.1) is 0 Å². The molecule has 1 fully saturated rings. The zero-order valence-corrected chi connectivity index (χ0v) is 7.32. The maximum absolute atomic E-state index is 10.2. The van der Waals surface area contributed by atoms with Crippen LogP contribution < -0.4 is 0 Å². The first-order valence-electron chi connectivity index (χ1n) is 3.31. The molecular weight excluding hydrogens is 202 g/mol. The summed E-state index contributed by atoms with van der Waals surface area (Å²) in [6.07, 6.45) is 0.296. The lowest BCUT2D eigenvalue weighted by Crippen LogP contribution is -2.24. The number of aliphatic carboxylic acids is 1. The van der Waals surface area contributed by atoms with E-state index in [2.05, 4.69) is 0 Å². The Morgan fingerprint density at radius 3 is 1.77 bits per heavy atom. The molecule has 2 N–H and O–H groups in total. The van der Waals surface area contributed by atoms with Crippen molar-refractivity contribution in [1.82, 2.24) is 5.06 Å². The molecule has 0 aromatic heterocycles. The zero-order valence-electron chi connectivity index (χ0n) is 6.57. The summed E-state index contributed by atoms with van der Waals surface area (Å²) in [5.74, 6) is -2.29. The molecule has 1 rings (SSSR count). The first-order valence-corrected chi connectivity index (χ1v) is 3.85. The second-order valence-corrected chi connectivity index (χ2v) is 2.39. The maximum Gasteiger partial charge on any atom is 0.318 e. The predicted molar refractivity (Wildman–Crippen MR) is 41.2 cm³/mol. The molecule has 7 heteroatoms. The van der Waals surface area contributed by atoms with Crippen LogP contribution in [0.5, 0.6) is 0 Å². The molecule has 6 nitrogen and oxygen atoms in total. The highest BCUT2D eigenvalue weighted by Gasteiger charge is 2.26. The molecule has 0 radical (unpaired) electrons. The van der Waals surface area contributed by atoms with E-state index >= 15 is 0 Å². The Balaban J connectivity index is 0.000000252. The summed E-state index contributed by atoms with van der Waals surface area (Å²) < 4.78 is 0.